The van der Waals surface area contributed by atoms with E-state index in [1.807, 2.05) is 11.6 Å². The monoisotopic (exact) mass is 350 g/mol. The molecule has 7 nitrogen and oxygen atoms in total. The molecular weight excluding hydrogens is 320 g/mol. The highest BCUT2D eigenvalue weighted by atomic mass is 16.5. The Kier molecular flexibility index (Phi) is 5.74. The minimum atomic E-state index is -0.489. The summed E-state index contributed by atoms with van der Waals surface area (Å²) in [5.74, 6) is 2.02. The molecule has 2 heterocycles. The first-order valence-electron chi connectivity index (χ1n) is 9.45. The lowest BCUT2D eigenvalue weighted by molar-refractivity contribution is -0.129. The Morgan fingerprint density at radius 2 is 2.00 bits per heavy atom. The van der Waals surface area contributed by atoms with E-state index in [9.17, 15) is 9.90 Å². The van der Waals surface area contributed by atoms with E-state index < -0.39 is 6.10 Å². The average Bonchev–Trinajstić information content (AvgIpc) is 3.00. The van der Waals surface area contributed by atoms with E-state index in [0.29, 0.717) is 26.1 Å². The molecule has 140 valence electrons. The van der Waals surface area contributed by atoms with Crippen molar-refractivity contribution < 1.29 is 14.6 Å². The largest absolute Gasteiger partial charge is 0.391 e. The van der Waals surface area contributed by atoms with Gasteiger partial charge in [-0.05, 0) is 52.9 Å². The first-order valence-corrected chi connectivity index (χ1v) is 9.45. The molecule has 3 atom stereocenters. The van der Waals surface area contributed by atoms with Crippen molar-refractivity contribution in [2.45, 2.75) is 77.0 Å². The van der Waals surface area contributed by atoms with Crippen molar-refractivity contribution in [1.29, 1.82) is 0 Å². The molecular formula is C18H30N4O3. The van der Waals surface area contributed by atoms with Crippen LogP contribution in [-0.4, -0.2) is 51.1 Å². The van der Waals surface area contributed by atoms with Gasteiger partial charge in [-0.3, -0.25) is 4.79 Å². The first kappa shape index (κ1) is 18.3. The molecule has 2 N–H and O–H groups in total. The molecule has 0 spiro atoms. The zero-order valence-corrected chi connectivity index (χ0v) is 15.4. The number of amides is 1. The average molecular weight is 350 g/mol. The summed E-state index contributed by atoms with van der Waals surface area (Å²) in [4.78, 5) is 17.1. The molecule has 1 aromatic heterocycles. The number of carbonyl (C=O) groups is 1. The Hall–Kier alpha value is -1.47. The van der Waals surface area contributed by atoms with Gasteiger partial charge in [0.15, 0.2) is 0 Å². The van der Waals surface area contributed by atoms with Gasteiger partial charge < -0.3 is 15.2 Å². The van der Waals surface area contributed by atoms with Gasteiger partial charge in [0, 0.05) is 31.1 Å². The van der Waals surface area contributed by atoms with Crippen LogP contribution in [0, 0.1) is 12.8 Å². The number of nitrogens with one attached hydrogen (secondary N) is 1. The molecule has 25 heavy (non-hydrogen) atoms. The first-order chi connectivity index (χ1) is 12.0. The van der Waals surface area contributed by atoms with Crippen LogP contribution in [-0.2, 0) is 9.53 Å². The number of hydrogen-bond acceptors (Lipinski definition) is 5. The van der Waals surface area contributed by atoms with Crippen molar-refractivity contribution in [3.8, 4) is 0 Å². The third-order valence-electron chi connectivity index (χ3n) is 5.35. The predicted octanol–water partition coefficient (Wildman–Crippen LogP) is 1.71. The third kappa shape index (κ3) is 4.20. The zero-order valence-electron chi connectivity index (χ0n) is 15.4. The van der Waals surface area contributed by atoms with Gasteiger partial charge in [0.1, 0.15) is 11.6 Å². The van der Waals surface area contributed by atoms with E-state index in [-0.39, 0.29) is 29.8 Å². The maximum atomic E-state index is 12.5. The number of aryl methyl sites for hydroxylation is 1. The Balaban J connectivity index is 1.68. The van der Waals surface area contributed by atoms with Gasteiger partial charge in [0.05, 0.1) is 12.1 Å². The maximum Gasteiger partial charge on any atom is 0.223 e. The summed E-state index contributed by atoms with van der Waals surface area (Å²) >= 11 is 0. The number of aromatic nitrogens is 3. The van der Waals surface area contributed by atoms with Crippen molar-refractivity contribution >= 4 is 5.91 Å². The van der Waals surface area contributed by atoms with Crippen LogP contribution in [0.25, 0.3) is 0 Å². The summed E-state index contributed by atoms with van der Waals surface area (Å²) in [5.41, 5.74) is 0. The SMILES string of the molecule is Cc1nc([C@H]2CC[C@@H](O)[C@H](NC(=O)C3CCOCC3)C2)n(C(C)C)n1. The third-order valence-corrected chi connectivity index (χ3v) is 5.35. The van der Waals surface area contributed by atoms with E-state index in [1.54, 1.807) is 0 Å². The normalized spacial score (nSPS) is 28.3. The molecule has 0 unspecified atom stereocenters. The van der Waals surface area contributed by atoms with E-state index in [0.717, 1.165) is 30.9 Å². The standard InChI is InChI=1S/C18H30N4O3/c1-11(2)22-17(19-12(3)21-22)14-4-5-16(23)15(10-14)20-18(24)13-6-8-25-9-7-13/h11,13-16,23H,4-10H2,1-3H3,(H,20,24)/t14-,15+,16+/m0/s1. The quantitative estimate of drug-likeness (QED) is 0.863. The van der Waals surface area contributed by atoms with Gasteiger partial charge in [-0.25, -0.2) is 9.67 Å². The second-order valence-corrected chi connectivity index (χ2v) is 7.63. The van der Waals surface area contributed by atoms with Crippen LogP contribution < -0.4 is 5.32 Å². The molecule has 0 aromatic carbocycles. The molecule has 2 aliphatic rings. The summed E-state index contributed by atoms with van der Waals surface area (Å²) < 4.78 is 7.31. The van der Waals surface area contributed by atoms with Gasteiger partial charge >= 0.3 is 0 Å². The van der Waals surface area contributed by atoms with Gasteiger partial charge in [-0.1, -0.05) is 0 Å². The summed E-state index contributed by atoms with van der Waals surface area (Å²) in [7, 11) is 0. The molecule has 0 radical (unpaired) electrons. The Morgan fingerprint density at radius 3 is 2.68 bits per heavy atom. The lowest BCUT2D eigenvalue weighted by Gasteiger charge is -2.35. The molecule has 1 aliphatic heterocycles. The Morgan fingerprint density at radius 1 is 1.28 bits per heavy atom. The fourth-order valence-electron chi connectivity index (χ4n) is 3.91. The zero-order chi connectivity index (χ0) is 18.0. The highest BCUT2D eigenvalue weighted by molar-refractivity contribution is 5.79. The van der Waals surface area contributed by atoms with Crippen molar-refractivity contribution in [2.75, 3.05) is 13.2 Å². The summed E-state index contributed by atoms with van der Waals surface area (Å²) in [6.07, 6.45) is 3.29. The lowest BCUT2D eigenvalue weighted by atomic mass is 9.82. The number of ether oxygens (including phenoxy) is 1. The van der Waals surface area contributed by atoms with Crippen LogP contribution in [0.3, 0.4) is 0 Å². The molecule has 3 rings (SSSR count). The topological polar surface area (TPSA) is 89.3 Å². The molecule has 1 saturated heterocycles. The highest BCUT2D eigenvalue weighted by Crippen LogP contribution is 2.33. The van der Waals surface area contributed by atoms with Crippen molar-refractivity contribution in [3.63, 3.8) is 0 Å². The smallest absolute Gasteiger partial charge is 0.223 e. The van der Waals surface area contributed by atoms with E-state index in [1.165, 1.54) is 0 Å². The number of aliphatic hydroxyl groups is 1. The van der Waals surface area contributed by atoms with Crippen LogP contribution in [0.2, 0.25) is 0 Å². The number of aliphatic hydroxyl groups excluding tert-OH is 1. The predicted molar refractivity (Wildman–Crippen MR) is 93.2 cm³/mol. The molecule has 1 saturated carbocycles. The van der Waals surface area contributed by atoms with Gasteiger partial charge in [0.25, 0.3) is 0 Å². The van der Waals surface area contributed by atoms with Crippen LogP contribution in [0.4, 0.5) is 0 Å². The Bertz CT molecular complexity index is 595. The minimum absolute atomic E-state index is 0.00267. The van der Waals surface area contributed by atoms with E-state index in [4.69, 9.17) is 4.74 Å². The minimum Gasteiger partial charge on any atom is -0.391 e. The highest BCUT2D eigenvalue weighted by Gasteiger charge is 2.35. The maximum absolute atomic E-state index is 12.5. The molecule has 1 amide bonds. The van der Waals surface area contributed by atoms with Crippen molar-refractivity contribution in [2.24, 2.45) is 5.92 Å². The van der Waals surface area contributed by atoms with Crippen LogP contribution >= 0.6 is 0 Å². The van der Waals surface area contributed by atoms with Crippen LogP contribution in [0.5, 0.6) is 0 Å². The summed E-state index contributed by atoms with van der Waals surface area (Å²) in [6.45, 7) is 7.39. The number of rotatable bonds is 4. The lowest BCUT2D eigenvalue weighted by Crippen LogP contribution is -2.49. The van der Waals surface area contributed by atoms with Crippen LogP contribution in [0.15, 0.2) is 0 Å². The molecule has 2 fully saturated rings. The fourth-order valence-corrected chi connectivity index (χ4v) is 3.91. The number of carbonyl (C=O) groups excluding carboxylic acids is 1. The Labute approximate surface area is 149 Å². The molecule has 1 aromatic rings. The van der Waals surface area contributed by atoms with Crippen molar-refractivity contribution in [3.05, 3.63) is 11.6 Å². The molecule has 0 bridgehead atoms. The van der Waals surface area contributed by atoms with Crippen molar-refractivity contribution in [1.82, 2.24) is 20.1 Å². The second-order valence-electron chi connectivity index (χ2n) is 7.63. The van der Waals surface area contributed by atoms with Gasteiger partial charge in [-0.15, -0.1) is 0 Å². The molecule has 1 aliphatic carbocycles. The van der Waals surface area contributed by atoms with E-state index >= 15 is 0 Å². The van der Waals surface area contributed by atoms with Crippen LogP contribution in [0.1, 0.15) is 69.6 Å². The second kappa shape index (κ2) is 7.83. The van der Waals surface area contributed by atoms with E-state index in [2.05, 4.69) is 29.2 Å². The van der Waals surface area contributed by atoms with Gasteiger partial charge in [-0.2, -0.15) is 5.10 Å². The van der Waals surface area contributed by atoms with Gasteiger partial charge in [0.2, 0.25) is 5.91 Å². The number of nitrogens with zero attached hydrogens (tertiary/aromatic N) is 3. The summed E-state index contributed by atoms with van der Waals surface area (Å²) in [6, 6.07) is 0.0324. The molecule has 7 heteroatoms. The fraction of sp³-hybridized carbons (Fsp3) is 0.833. The summed E-state index contributed by atoms with van der Waals surface area (Å²) in [5, 5.41) is 18.0. The number of hydrogen-bond donors (Lipinski definition) is 2.